The minimum atomic E-state index is -0.706. The van der Waals surface area contributed by atoms with E-state index in [0.29, 0.717) is 0 Å². The molecule has 0 amide bonds. The summed E-state index contributed by atoms with van der Waals surface area (Å²) in [6, 6.07) is 0. The van der Waals surface area contributed by atoms with E-state index in [9.17, 15) is 4.79 Å². The molecule has 0 aromatic rings. The van der Waals surface area contributed by atoms with Crippen molar-refractivity contribution in [2.75, 3.05) is 0 Å². The van der Waals surface area contributed by atoms with E-state index in [2.05, 4.69) is 22.7 Å². The molecular formula is C9H13N3O2S. The van der Waals surface area contributed by atoms with Crippen LogP contribution < -0.4 is 11.2 Å². The van der Waals surface area contributed by atoms with Crippen molar-refractivity contribution in [3.63, 3.8) is 0 Å². The van der Waals surface area contributed by atoms with Crippen LogP contribution in [0.4, 0.5) is 0 Å². The molecule has 2 aliphatic carbocycles. The van der Waals surface area contributed by atoms with E-state index in [1.54, 1.807) is 0 Å². The highest BCUT2D eigenvalue weighted by Gasteiger charge is 2.49. The fourth-order valence-electron chi connectivity index (χ4n) is 2.73. The third-order valence-corrected chi connectivity index (χ3v) is 3.38. The lowest BCUT2D eigenvalue weighted by Crippen LogP contribution is -2.27. The number of aliphatic carboxylic acids is 1. The number of nitrogens with two attached hydrogens (primary N) is 1. The maximum absolute atomic E-state index is 11.0. The Balaban J connectivity index is 2.11. The summed E-state index contributed by atoms with van der Waals surface area (Å²) in [7, 11) is 0. The van der Waals surface area contributed by atoms with Crippen LogP contribution in [0.2, 0.25) is 0 Å². The van der Waals surface area contributed by atoms with Gasteiger partial charge in [-0.05, 0) is 37.4 Å². The third-order valence-electron chi connectivity index (χ3n) is 3.28. The highest BCUT2D eigenvalue weighted by atomic mass is 32.1. The maximum atomic E-state index is 11.0. The van der Waals surface area contributed by atoms with Gasteiger partial charge in [0.1, 0.15) is 0 Å². The molecule has 5 nitrogen and oxygen atoms in total. The molecule has 2 saturated carbocycles. The summed E-state index contributed by atoms with van der Waals surface area (Å²) in [5, 5.41) is 13.3. The highest BCUT2D eigenvalue weighted by molar-refractivity contribution is 7.80. The first kappa shape index (κ1) is 10.4. The lowest BCUT2D eigenvalue weighted by atomic mass is 9.98. The summed E-state index contributed by atoms with van der Waals surface area (Å²) >= 11 is 4.64. The average Bonchev–Trinajstić information content (AvgIpc) is 2.70. The van der Waals surface area contributed by atoms with E-state index in [1.165, 1.54) is 0 Å². The summed E-state index contributed by atoms with van der Waals surface area (Å²) in [4.78, 5) is 11.0. The number of carboxylic acids is 1. The number of hydrogen-bond donors (Lipinski definition) is 3. The number of carbonyl (C=O) groups is 1. The van der Waals surface area contributed by atoms with E-state index in [4.69, 9.17) is 10.8 Å². The van der Waals surface area contributed by atoms with Crippen molar-refractivity contribution < 1.29 is 9.90 Å². The van der Waals surface area contributed by atoms with Gasteiger partial charge >= 0.3 is 5.97 Å². The summed E-state index contributed by atoms with van der Waals surface area (Å²) < 4.78 is 0. The Labute approximate surface area is 92.7 Å². The average molecular weight is 227 g/mol. The molecule has 0 spiro atoms. The fraction of sp³-hybridized carbons (Fsp3) is 0.667. The molecule has 2 fully saturated rings. The second-order valence-electron chi connectivity index (χ2n) is 4.09. The van der Waals surface area contributed by atoms with Gasteiger partial charge in [0.15, 0.2) is 5.11 Å². The number of hydrogen-bond acceptors (Lipinski definition) is 3. The number of fused-ring (bicyclic) bond motifs is 2. The van der Waals surface area contributed by atoms with Crippen molar-refractivity contribution in [1.29, 1.82) is 0 Å². The standard InChI is InChI=1S/C9H13N3O2S/c10-9(15)12-11-6-3-4-1-2-5(6)7(4)8(13)14/h4-5,7H,1-3H2,(H,13,14)(H3,10,12,15)/b11-6-/t4-,5+,7-/m1/s1. The van der Waals surface area contributed by atoms with Crippen molar-refractivity contribution in [1.82, 2.24) is 5.43 Å². The number of thiocarbonyl (C=S) groups is 1. The van der Waals surface area contributed by atoms with Crippen LogP contribution >= 0.6 is 12.2 Å². The molecule has 2 rings (SSSR count). The molecule has 0 unspecified atom stereocenters. The fourth-order valence-corrected chi connectivity index (χ4v) is 2.78. The Morgan fingerprint density at radius 3 is 2.87 bits per heavy atom. The molecule has 4 N–H and O–H groups in total. The molecule has 0 aliphatic heterocycles. The SMILES string of the molecule is NC(=S)N/N=C1/C[C@H]2CC[C@@H]1[C@@H]2C(=O)O. The third kappa shape index (κ3) is 1.81. The van der Waals surface area contributed by atoms with Gasteiger partial charge in [0.25, 0.3) is 0 Å². The van der Waals surface area contributed by atoms with Crippen molar-refractivity contribution in [2.24, 2.45) is 28.6 Å². The molecule has 82 valence electrons. The van der Waals surface area contributed by atoms with Crippen LogP contribution in [0.1, 0.15) is 19.3 Å². The lowest BCUT2D eigenvalue weighted by Gasteiger charge is -2.11. The van der Waals surface area contributed by atoms with Gasteiger partial charge in [0.05, 0.1) is 5.92 Å². The van der Waals surface area contributed by atoms with Gasteiger partial charge in [-0.25, -0.2) is 0 Å². The normalized spacial score (nSPS) is 35.7. The number of carboxylic acid groups (broad SMARTS) is 1. The number of hydrazone groups is 1. The van der Waals surface area contributed by atoms with E-state index >= 15 is 0 Å². The van der Waals surface area contributed by atoms with E-state index in [1.807, 2.05) is 0 Å². The molecule has 15 heavy (non-hydrogen) atoms. The first-order valence-corrected chi connectivity index (χ1v) is 5.35. The first-order valence-electron chi connectivity index (χ1n) is 4.94. The molecular weight excluding hydrogens is 214 g/mol. The van der Waals surface area contributed by atoms with Gasteiger partial charge in [0.2, 0.25) is 0 Å². The monoisotopic (exact) mass is 227 g/mol. The second kappa shape index (κ2) is 3.77. The molecule has 2 bridgehead atoms. The first-order chi connectivity index (χ1) is 7.09. The Morgan fingerprint density at radius 2 is 2.33 bits per heavy atom. The van der Waals surface area contributed by atoms with Gasteiger partial charge in [-0.3, -0.25) is 10.2 Å². The van der Waals surface area contributed by atoms with Crippen LogP contribution in [0, 0.1) is 17.8 Å². The molecule has 0 saturated heterocycles. The summed E-state index contributed by atoms with van der Waals surface area (Å²) in [6.45, 7) is 0. The number of nitrogens with one attached hydrogen (secondary N) is 1. The molecule has 0 aromatic carbocycles. The predicted molar refractivity (Wildman–Crippen MR) is 59.3 cm³/mol. The topological polar surface area (TPSA) is 87.7 Å². The predicted octanol–water partition coefficient (Wildman–Crippen LogP) is 0.306. The quantitative estimate of drug-likeness (QED) is 0.466. The Bertz CT molecular complexity index is 342. The van der Waals surface area contributed by atoms with Crippen molar-refractivity contribution >= 4 is 29.0 Å². The molecule has 0 radical (unpaired) electrons. The summed E-state index contributed by atoms with van der Waals surface area (Å²) in [6.07, 6.45) is 2.67. The van der Waals surface area contributed by atoms with E-state index in [0.717, 1.165) is 25.0 Å². The number of nitrogens with zero attached hydrogens (tertiary/aromatic N) is 1. The maximum Gasteiger partial charge on any atom is 0.307 e. The molecule has 0 aromatic heterocycles. The van der Waals surface area contributed by atoms with Gasteiger partial charge < -0.3 is 10.8 Å². The van der Waals surface area contributed by atoms with Crippen LogP contribution in [0.3, 0.4) is 0 Å². The van der Waals surface area contributed by atoms with Crippen LogP contribution in [-0.4, -0.2) is 21.9 Å². The van der Waals surface area contributed by atoms with Crippen LogP contribution in [0.15, 0.2) is 5.10 Å². The van der Waals surface area contributed by atoms with Crippen LogP contribution in [-0.2, 0) is 4.79 Å². The largest absolute Gasteiger partial charge is 0.481 e. The molecule has 2 aliphatic rings. The molecule has 0 heterocycles. The second-order valence-corrected chi connectivity index (χ2v) is 4.53. The Morgan fingerprint density at radius 1 is 1.60 bits per heavy atom. The Kier molecular flexibility index (Phi) is 2.60. The summed E-state index contributed by atoms with van der Waals surface area (Å²) in [5.74, 6) is -0.631. The minimum absolute atomic E-state index is 0.0781. The minimum Gasteiger partial charge on any atom is -0.481 e. The van der Waals surface area contributed by atoms with Gasteiger partial charge in [-0.2, -0.15) is 5.10 Å². The van der Waals surface area contributed by atoms with Crippen molar-refractivity contribution in [2.45, 2.75) is 19.3 Å². The molecule has 3 atom stereocenters. The Hall–Kier alpha value is -1.17. The molecule has 6 heteroatoms. The highest BCUT2D eigenvalue weighted by Crippen LogP contribution is 2.47. The van der Waals surface area contributed by atoms with Crippen molar-refractivity contribution in [3.05, 3.63) is 0 Å². The van der Waals surface area contributed by atoms with Gasteiger partial charge in [-0.1, -0.05) is 0 Å². The van der Waals surface area contributed by atoms with Crippen LogP contribution in [0.5, 0.6) is 0 Å². The zero-order chi connectivity index (χ0) is 11.0. The van der Waals surface area contributed by atoms with E-state index < -0.39 is 5.97 Å². The van der Waals surface area contributed by atoms with Gasteiger partial charge in [-0.15, -0.1) is 0 Å². The van der Waals surface area contributed by atoms with Crippen LogP contribution in [0.25, 0.3) is 0 Å². The zero-order valence-electron chi connectivity index (χ0n) is 8.14. The summed E-state index contributed by atoms with van der Waals surface area (Å²) in [5.41, 5.74) is 8.70. The smallest absolute Gasteiger partial charge is 0.307 e. The van der Waals surface area contributed by atoms with E-state index in [-0.39, 0.29) is 22.9 Å². The number of rotatable bonds is 2. The zero-order valence-corrected chi connectivity index (χ0v) is 8.96. The van der Waals surface area contributed by atoms with Crippen molar-refractivity contribution in [3.8, 4) is 0 Å². The lowest BCUT2D eigenvalue weighted by molar-refractivity contribution is -0.143. The van der Waals surface area contributed by atoms with Gasteiger partial charge in [0, 0.05) is 11.6 Å².